The highest BCUT2D eigenvalue weighted by Crippen LogP contribution is 2.15. The molecular weight excluding hydrogens is 446 g/mol. The first kappa shape index (κ1) is 29.8. The van der Waals surface area contributed by atoms with Crippen molar-refractivity contribution >= 4 is 23.9 Å². The number of carbonyl (C=O) groups excluding carboxylic acids is 4. The number of hydrogen-bond acceptors (Lipinski definition) is 11. The Bertz CT molecular complexity index is 554. The summed E-state index contributed by atoms with van der Waals surface area (Å²) in [6, 6.07) is 0.0456. The molecular formula is C23H41N3O8. The molecule has 11 nitrogen and oxygen atoms in total. The van der Waals surface area contributed by atoms with E-state index >= 15 is 0 Å². The molecule has 2 unspecified atom stereocenters. The van der Waals surface area contributed by atoms with Crippen LogP contribution in [0.4, 0.5) is 0 Å². The molecule has 34 heavy (non-hydrogen) atoms. The Hall–Kier alpha value is -2.24. The Morgan fingerprint density at radius 3 is 1.18 bits per heavy atom. The van der Waals surface area contributed by atoms with Crippen molar-refractivity contribution in [1.82, 2.24) is 15.1 Å². The van der Waals surface area contributed by atoms with Gasteiger partial charge in [0, 0.05) is 25.2 Å². The van der Waals surface area contributed by atoms with Gasteiger partial charge in [-0.15, -0.1) is 0 Å². The van der Waals surface area contributed by atoms with E-state index in [9.17, 15) is 19.2 Å². The average molecular weight is 488 g/mol. The Labute approximate surface area is 202 Å². The van der Waals surface area contributed by atoms with Gasteiger partial charge in [-0.25, -0.2) is 0 Å². The van der Waals surface area contributed by atoms with Crippen molar-refractivity contribution in [3.8, 4) is 0 Å². The molecule has 1 saturated heterocycles. The van der Waals surface area contributed by atoms with E-state index in [0.717, 1.165) is 19.3 Å². The minimum Gasteiger partial charge on any atom is -0.465 e. The van der Waals surface area contributed by atoms with Gasteiger partial charge in [-0.05, 0) is 40.5 Å². The van der Waals surface area contributed by atoms with Crippen LogP contribution in [0.1, 0.15) is 47.0 Å². The van der Waals surface area contributed by atoms with Crippen molar-refractivity contribution in [2.24, 2.45) is 0 Å². The number of esters is 4. The van der Waals surface area contributed by atoms with Crippen molar-refractivity contribution in [2.75, 3.05) is 65.7 Å². The van der Waals surface area contributed by atoms with Crippen molar-refractivity contribution in [2.45, 2.75) is 59.0 Å². The molecule has 196 valence electrons. The quantitative estimate of drug-likeness (QED) is 0.240. The first-order valence-corrected chi connectivity index (χ1v) is 12.1. The van der Waals surface area contributed by atoms with Gasteiger partial charge in [0.2, 0.25) is 0 Å². The van der Waals surface area contributed by atoms with Crippen molar-refractivity contribution in [3.63, 3.8) is 0 Å². The van der Waals surface area contributed by atoms with Crippen LogP contribution < -0.4 is 5.32 Å². The molecule has 1 heterocycles. The number of nitrogens with zero attached hydrogens (tertiary/aromatic N) is 2. The number of ether oxygens (including phenoxy) is 4. The van der Waals surface area contributed by atoms with Crippen LogP contribution in [-0.2, 0) is 38.1 Å². The predicted octanol–water partition coefficient (Wildman–Crippen LogP) is 0.354. The van der Waals surface area contributed by atoms with Crippen LogP contribution >= 0.6 is 0 Å². The summed E-state index contributed by atoms with van der Waals surface area (Å²) in [7, 11) is 0. The van der Waals surface area contributed by atoms with Gasteiger partial charge in [0.25, 0.3) is 0 Å². The maximum atomic E-state index is 12.0. The minimum absolute atomic E-state index is 0.00660. The fourth-order valence-corrected chi connectivity index (χ4v) is 3.95. The molecule has 0 aromatic heterocycles. The van der Waals surface area contributed by atoms with Crippen LogP contribution in [0.5, 0.6) is 0 Å². The molecule has 11 heteroatoms. The highest BCUT2D eigenvalue weighted by molar-refractivity contribution is 5.75. The standard InChI is InChI=1S/C23H41N3O8/c1-5-31-20(27)14-25(15-21(28)32-6-2)12-18-10-9-11-19(24-18)13-26(16-22(29)33-7-3)17-23(30)34-8-4/h18-19,24H,5-17H2,1-4H3. The molecule has 1 N–H and O–H groups in total. The third-order valence-corrected chi connectivity index (χ3v) is 5.17. The summed E-state index contributed by atoms with van der Waals surface area (Å²) in [5.74, 6) is -1.58. The van der Waals surface area contributed by atoms with E-state index in [1.165, 1.54) is 0 Å². The van der Waals surface area contributed by atoms with Gasteiger partial charge >= 0.3 is 23.9 Å². The molecule has 1 aliphatic rings. The SMILES string of the molecule is CCOC(=O)CN(CC(=O)OCC)CC1CCCC(CN(CC(=O)OCC)CC(=O)OCC)N1. The van der Waals surface area contributed by atoms with Gasteiger partial charge in [0.05, 0.1) is 52.6 Å². The molecule has 0 amide bonds. The molecule has 0 bridgehead atoms. The van der Waals surface area contributed by atoms with Gasteiger partial charge in [-0.1, -0.05) is 6.42 Å². The van der Waals surface area contributed by atoms with Gasteiger partial charge in [0.1, 0.15) is 0 Å². The highest BCUT2D eigenvalue weighted by Gasteiger charge is 2.28. The Kier molecular flexibility index (Phi) is 15.1. The summed E-state index contributed by atoms with van der Waals surface area (Å²) in [6.45, 7) is 8.92. The molecule has 1 aliphatic heterocycles. The fourth-order valence-electron chi connectivity index (χ4n) is 3.95. The zero-order chi connectivity index (χ0) is 25.3. The van der Waals surface area contributed by atoms with E-state index in [-0.39, 0.29) is 64.7 Å². The monoisotopic (exact) mass is 487 g/mol. The lowest BCUT2D eigenvalue weighted by Gasteiger charge is -2.36. The fraction of sp³-hybridized carbons (Fsp3) is 0.826. The number of carbonyl (C=O) groups is 4. The Morgan fingerprint density at radius 1 is 0.618 bits per heavy atom. The van der Waals surface area contributed by atoms with Crippen molar-refractivity contribution in [1.29, 1.82) is 0 Å². The molecule has 0 aliphatic carbocycles. The molecule has 0 spiro atoms. The molecule has 1 fully saturated rings. The normalized spacial score (nSPS) is 17.9. The first-order chi connectivity index (χ1) is 16.3. The van der Waals surface area contributed by atoms with E-state index < -0.39 is 23.9 Å². The zero-order valence-corrected chi connectivity index (χ0v) is 21.0. The smallest absolute Gasteiger partial charge is 0.320 e. The second-order valence-corrected chi connectivity index (χ2v) is 8.05. The lowest BCUT2D eigenvalue weighted by atomic mass is 9.97. The van der Waals surface area contributed by atoms with Crippen LogP contribution in [0.25, 0.3) is 0 Å². The van der Waals surface area contributed by atoms with Crippen LogP contribution in [0.3, 0.4) is 0 Å². The summed E-state index contributed by atoms with van der Waals surface area (Å²) in [5, 5.41) is 3.54. The Balaban J connectivity index is 2.76. The molecule has 1 rings (SSSR count). The van der Waals surface area contributed by atoms with Crippen LogP contribution in [0, 0.1) is 0 Å². The lowest BCUT2D eigenvalue weighted by Crippen LogP contribution is -2.54. The molecule has 2 atom stereocenters. The summed E-state index contributed by atoms with van der Waals surface area (Å²) in [4.78, 5) is 51.6. The van der Waals surface area contributed by atoms with Crippen molar-refractivity contribution < 1.29 is 38.1 Å². The lowest BCUT2D eigenvalue weighted by molar-refractivity contribution is -0.149. The summed E-state index contributed by atoms with van der Waals surface area (Å²) in [5.41, 5.74) is 0. The number of rotatable bonds is 16. The van der Waals surface area contributed by atoms with E-state index in [4.69, 9.17) is 18.9 Å². The maximum Gasteiger partial charge on any atom is 0.320 e. The summed E-state index contributed by atoms with van der Waals surface area (Å²) >= 11 is 0. The summed E-state index contributed by atoms with van der Waals surface area (Å²) in [6.07, 6.45) is 2.67. The van der Waals surface area contributed by atoms with Gasteiger partial charge in [-0.2, -0.15) is 0 Å². The molecule has 0 aromatic rings. The van der Waals surface area contributed by atoms with E-state index in [2.05, 4.69) is 5.32 Å². The minimum atomic E-state index is -0.394. The Morgan fingerprint density at radius 2 is 0.912 bits per heavy atom. The predicted molar refractivity (Wildman–Crippen MR) is 124 cm³/mol. The van der Waals surface area contributed by atoms with Gasteiger partial charge in [0.15, 0.2) is 0 Å². The van der Waals surface area contributed by atoms with E-state index in [0.29, 0.717) is 13.1 Å². The molecule has 0 aromatic carbocycles. The molecule has 0 saturated carbocycles. The molecule has 0 radical (unpaired) electrons. The largest absolute Gasteiger partial charge is 0.465 e. The second kappa shape index (κ2) is 17.2. The van der Waals surface area contributed by atoms with E-state index in [1.807, 2.05) is 0 Å². The zero-order valence-electron chi connectivity index (χ0n) is 21.0. The number of hydrogen-bond donors (Lipinski definition) is 1. The third kappa shape index (κ3) is 12.9. The van der Waals surface area contributed by atoms with Gasteiger partial charge in [-0.3, -0.25) is 29.0 Å². The topological polar surface area (TPSA) is 124 Å². The average Bonchev–Trinajstić information content (AvgIpc) is 2.74. The number of nitrogens with one attached hydrogen (secondary N) is 1. The highest BCUT2D eigenvalue weighted by atomic mass is 16.5. The van der Waals surface area contributed by atoms with Crippen LogP contribution in [0.15, 0.2) is 0 Å². The van der Waals surface area contributed by atoms with Gasteiger partial charge < -0.3 is 24.3 Å². The summed E-state index contributed by atoms with van der Waals surface area (Å²) < 4.78 is 20.2. The maximum absolute atomic E-state index is 12.0. The van der Waals surface area contributed by atoms with Crippen LogP contribution in [-0.4, -0.2) is 111 Å². The van der Waals surface area contributed by atoms with Crippen LogP contribution in [0.2, 0.25) is 0 Å². The third-order valence-electron chi connectivity index (χ3n) is 5.17. The number of piperidine rings is 1. The van der Waals surface area contributed by atoms with E-state index in [1.54, 1.807) is 37.5 Å². The van der Waals surface area contributed by atoms with Crippen molar-refractivity contribution in [3.05, 3.63) is 0 Å². The first-order valence-electron chi connectivity index (χ1n) is 12.1. The second-order valence-electron chi connectivity index (χ2n) is 8.05.